The molecule has 8 atom stereocenters. The van der Waals surface area contributed by atoms with Crippen LogP contribution in [0.1, 0.15) is 59.7 Å². The Kier molecular flexibility index (Phi) is 9.18. The van der Waals surface area contributed by atoms with Crippen molar-refractivity contribution in [2.24, 2.45) is 23.7 Å². The molecule has 4 aromatic rings. The molecule has 268 valence electrons. The molecule has 4 aliphatic rings. The number of carbonyl (C=O) groups excluding carboxylic acids is 2. The Morgan fingerprint density at radius 3 is 1.51 bits per heavy atom. The number of para-hydroxylation sites is 2. The maximum absolute atomic E-state index is 13.8. The number of hydrogen-bond donors (Lipinski definition) is 2. The maximum atomic E-state index is 13.8. The van der Waals surface area contributed by atoms with Crippen LogP contribution in [0.3, 0.4) is 0 Å². The maximum Gasteiger partial charge on any atom is 0.310 e. The first-order valence-corrected chi connectivity index (χ1v) is 19.4. The van der Waals surface area contributed by atoms with Crippen LogP contribution in [0.15, 0.2) is 71.8 Å². The highest BCUT2D eigenvalue weighted by Crippen LogP contribution is 2.56. The summed E-state index contributed by atoms with van der Waals surface area (Å²) in [7, 11) is 7.37. The zero-order chi connectivity index (χ0) is 35.6. The van der Waals surface area contributed by atoms with Crippen LogP contribution in [0.5, 0.6) is 0 Å². The van der Waals surface area contributed by atoms with E-state index in [9.17, 15) is 9.59 Å². The summed E-state index contributed by atoms with van der Waals surface area (Å²) in [4.78, 5) is 40.2. The van der Waals surface area contributed by atoms with Gasteiger partial charge >= 0.3 is 11.9 Å². The predicted molar refractivity (Wildman–Crippen MR) is 205 cm³/mol. The van der Waals surface area contributed by atoms with Crippen molar-refractivity contribution in [1.29, 1.82) is 0 Å². The van der Waals surface area contributed by atoms with Crippen LogP contribution in [0, 0.1) is 23.7 Å². The van der Waals surface area contributed by atoms with Gasteiger partial charge < -0.3 is 19.4 Å². The minimum atomic E-state index is -0.265. The fraction of sp³-hybridized carbons (Fsp3) is 0.476. The van der Waals surface area contributed by atoms with E-state index in [2.05, 4.69) is 108 Å². The number of allylic oxidation sites excluding steroid dienone is 2. The molecule has 2 aliphatic heterocycles. The number of likely N-dealkylation sites (N-methyl/N-ethyl adjacent to an activating group) is 2. The molecule has 8 rings (SSSR count). The number of methoxy groups -OCH3 is 2. The monoisotopic (exact) mass is 706 g/mol. The first-order valence-electron chi connectivity index (χ1n) is 18.5. The quantitative estimate of drug-likeness (QED) is 0.169. The fourth-order valence-corrected chi connectivity index (χ4v) is 12.0. The van der Waals surface area contributed by atoms with E-state index in [0.717, 1.165) is 49.8 Å². The second kappa shape index (κ2) is 13.6. The van der Waals surface area contributed by atoms with E-state index in [-0.39, 0.29) is 58.2 Å². The molecule has 2 aliphatic carbocycles. The molecule has 2 saturated heterocycles. The van der Waals surface area contributed by atoms with E-state index < -0.39 is 0 Å². The third-order valence-electron chi connectivity index (χ3n) is 12.8. The molecule has 0 saturated carbocycles. The molecule has 9 heteroatoms. The molecule has 5 unspecified atom stereocenters. The van der Waals surface area contributed by atoms with Gasteiger partial charge in [-0.2, -0.15) is 0 Å². The number of rotatable bonds is 4. The lowest BCUT2D eigenvalue weighted by Crippen LogP contribution is -2.54. The van der Waals surface area contributed by atoms with Crippen LogP contribution in [-0.4, -0.2) is 85.2 Å². The number of aromatic nitrogens is 2. The predicted octanol–water partition coefficient (Wildman–Crippen LogP) is 7.39. The van der Waals surface area contributed by atoms with Gasteiger partial charge in [-0.05, 0) is 88.7 Å². The molecule has 0 amide bonds. The third-order valence-corrected chi connectivity index (χ3v) is 14.3. The van der Waals surface area contributed by atoms with Gasteiger partial charge in [-0.25, -0.2) is 0 Å². The molecule has 4 heterocycles. The summed E-state index contributed by atoms with van der Waals surface area (Å²) < 4.78 is 11.1. The Bertz CT molecular complexity index is 1900. The SMILES string of the molecule is C/C=C1/CN(C)C2Cc3c([nH]c4ccccc34)[C@H](S[C@H]3C[C@H]4/C(=C\C)CN(C)C(Cc5c3[nH]c3ccccc53)C4C(=O)OC)CC1C2C(=O)OC. The van der Waals surface area contributed by atoms with Gasteiger partial charge in [0.15, 0.2) is 0 Å². The summed E-state index contributed by atoms with van der Waals surface area (Å²) in [6.45, 7) is 5.90. The highest BCUT2D eigenvalue weighted by atomic mass is 32.2. The van der Waals surface area contributed by atoms with Gasteiger partial charge in [0.1, 0.15) is 0 Å². The van der Waals surface area contributed by atoms with Crippen molar-refractivity contribution in [2.75, 3.05) is 41.4 Å². The summed E-state index contributed by atoms with van der Waals surface area (Å²) in [5, 5.41) is 2.60. The second-order valence-corrected chi connectivity index (χ2v) is 16.5. The lowest BCUT2D eigenvalue weighted by atomic mass is 9.70. The number of aromatic amines is 2. The van der Waals surface area contributed by atoms with Gasteiger partial charge in [0, 0.05) is 68.9 Å². The number of hydrogen-bond acceptors (Lipinski definition) is 7. The molecule has 2 N–H and O–H groups in total. The highest BCUT2D eigenvalue weighted by molar-refractivity contribution is 7.99. The van der Waals surface area contributed by atoms with Crippen molar-refractivity contribution in [3.05, 3.63) is 94.3 Å². The van der Waals surface area contributed by atoms with Crippen molar-refractivity contribution < 1.29 is 19.1 Å². The van der Waals surface area contributed by atoms with Crippen molar-refractivity contribution in [3.8, 4) is 0 Å². The number of fused-ring (bicyclic) bond motifs is 10. The average Bonchev–Trinajstić information content (AvgIpc) is 3.69. The number of H-pyrrole nitrogens is 2. The molecule has 51 heavy (non-hydrogen) atoms. The van der Waals surface area contributed by atoms with E-state index >= 15 is 0 Å². The van der Waals surface area contributed by atoms with Gasteiger partial charge in [0.05, 0.1) is 26.1 Å². The van der Waals surface area contributed by atoms with Crippen LogP contribution in [0.4, 0.5) is 0 Å². The number of nitrogens with one attached hydrogen (secondary N) is 2. The van der Waals surface area contributed by atoms with Gasteiger partial charge in [-0.1, -0.05) is 59.7 Å². The largest absolute Gasteiger partial charge is 0.469 e. The summed E-state index contributed by atoms with van der Waals surface area (Å²) in [6, 6.07) is 17.3. The molecular weight excluding hydrogens is 657 g/mol. The fourth-order valence-electron chi connectivity index (χ4n) is 10.3. The number of esters is 2. The summed E-state index contributed by atoms with van der Waals surface area (Å²) in [5.41, 5.74) is 10.0. The lowest BCUT2D eigenvalue weighted by molar-refractivity contribution is -0.152. The number of ether oxygens (including phenoxy) is 2. The van der Waals surface area contributed by atoms with Gasteiger partial charge in [0.25, 0.3) is 0 Å². The summed E-state index contributed by atoms with van der Waals surface area (Å²) in [5.74, 6) is -0.667. The molecule has 2 fully saturated rings. The zero-order valence-corrected chi connectivity index (χ0v) is 31.4. The minimum absolute atomic E-state index is 0.0333. The molecule has 8 nitrogen and oxygen atoms in total. The lowest BCUT2D eigenvalue weighted by Gasteiger charge is -2.48. The Labute approximate surface area is 305 Å². The molecule has 4 bridgehead atoms. The smallest absolute Gasteiger partial charge is 0.310 e. The number of nitrogens with zero attached hydrogens (tertiary/aromatic N) is 2. The van der Waals surface area contributed by atoms with E-state index in [1.807, 2.05) is 11.8 Å². The van der Waals surface area contributed by atoms with Crippen molar-refractivity contribution in [3.63, 3.8) is 0 Å². The van der Waals surface area contributed by atoms with Gasteiger partial charge in [0.2, 0.25) is 0 Å². The van der Waals surface area contributed by atoms with Crippen LogP contribution >= 0.6 is 11.8 Å². The van der Waals surface area contributed by atoms with E-state index in [4.69, 9.17) is 9.47 Å². The number of likely N-dealkylation sites (tertiary alicyclic amines) is 2. The summed E-state index contributed by atoms with van der Waals surface area (Å²) in [6.07, 6.45) is 7.62. The minimum Gasteiger partial charge on any atom is -0.469 e. The van der Waals surface area contributed by atoms with E-state index in [0.29, 0.717) is 0 Å². The Morgan fingerprint density at radius 1 is 0.706 bits per heavy atom. The molecular formula is C42H50N4O4S. The number of thioether (sulfide) groups is 1. The topological polar surface area (TPSA) is 90.7 Å². The number of benzene rings is 2. The molecule has 2 aromatic heterocycles. The number of piperidine rings is 2. The Balaban J connectivity index is 1.31. The van der Waals surface area contributed by atoms with Gasteiger partial charge in [-0.3, -0.25) is 19.4 Å². The summed E-state index contributed by atoms with van der Waals surface area (Å²) >= 11 is 2.01. The van der Waals surface area contributed by atoms with Gasteiger partial charge in [-0.15, -0.1) is 11.8 Å². The molecule has 0 radical (unpaired) electrons. The van der Waals surface area contributed by atoms with E-state index in [1.165, 1.54) is 58.7 Å². The average molecular weight is 707 g/mol. The first kappa shape index (κ1) is 34.3. The molecule has 0 spiro atoms. The number of carbonyl (C=O) groups is 2. The Hall–Kier alpha value is -3.79. The zero-order valence-electron chi connectivity index (χ0n) is 30.6. The highest BCUT2D eigenvalue weighted by Gasteiger charge is 2.50. The first-order chi connectivity index (χ1) is 24.8. The third kappa shape index (κ3) is 5.67. The van der Waals surface area contributed by atoms with Crippen LogP contribution in [0.2, 0.25) is 0 Å². The second-order valence-electron chi connectivity index (χ2n) is 15.1. The van der Waals surface area contributed by atoms with Crippen molar-refractivity contribution in [2.45, 2.75) is 62.1 Å². The van der Waals surface area contributed by atoms with E-state index in [1.54, 1.807) is 0 Å². The van der Waals surface area contributed by atoms with Crippen molar-refractivity contribution in [1.82, 2.24) is 19.8 Å². The normalized spacial score (nSPS) is 31.4. The Morgan fingerprint density at radius 2 is 1.12 bits per heavy atom. The van der Waals surface area contributed by atoms with Crippen LogP contribution in [0.25, 0.3) is 21.8 Å². The molecule has 2 aromatic carbocycles. The van der Waals surface area contributed by atoms with Crippen LogP contribution < -0.4 is 0 Å². The standard InChI is InChI=1S/C42H50N4O4S/c1-7-23-21-45(3)33-17-29-25-13-9-11-15-31(25)43-39(29)35(19-27(23)37(33)41(47)49-5)51-36-20-28-24(8-2)22-46(4)34(38(28)42(48)50-6)18-30-26-14-10-12-16-32(26)44-40(30)36/h7-16,27-28,33-38,43-44H,17-22H2,1-6H3/b23-7-,24-8-/t27-,28?,33?,34?,35-,36+,37?,38?/m0/s1. The van der Waals surface area contributed by atoms with Crippen molar-refractivity contribution >= 4 is 45.5 Å². The van der Waals surface area contributed by atoms with Crippen LogP contribution in [-0.2, 0) is 31.9 Å².